The van der Waals surface area contributed by atoms with Crippen LogP contribution >= 0.6 is 34.5 Å². The Kier molecular flexibility index (Phi) is 4.66. The molecule has 23 heavy (non-hydrogen) atoms. The molecule has 2 aromatic carbocycles. The van der Waals surface area contributed by atoms with Crippen LogP contribution in [0.5, 0.6) is 0 Å². The number of carbonyl (C=O) groups excluding carboxylic acids is 1. The van der Waals surface area contributed by atoms with Crippen LogP contribution < -0.4 is 5.32 Å². The molecule has 0 spiro atoms. The minimum absolute atomic E-state index is 0.241. The molecule has 1 heterocycles. The van der Waals surface area contributed by atoms with Crippen molar-refractivity contribution in [2.45, 2.75) is 6.92 Å². The summed E-state index contributed by atoms with van der Waals surface area (Å²) in [6.07, 6.45) is 0. The van der Waals surface area contributed by atoms with Gasteiger partial charge in [-0.2, -0.15) is 0 Å². The molecule has 1 amide bonds. The smallest absolute Gasteiger partial charge is 0.255 e. The molecule has 0 aliphatic carbocycles. The molecular formula is C17H12Cl2N2OS. The van der Waals surface area contributed by atoms with Crippen molar-refractivity contribution >= 4 is 46.1 Å². The molecule has 0 bridgehead atoms. The molecule has 0 radical (unpaired) electrons. The zero-order chi connectivity index (χ0) is 16.4. The summed E-state index contributed by atoms with van der Waals surface area (Å²) >= 11 is 13.6. The van der Waals surface area contributed by atoms with Crippen LogP contribution in [-0.4, -0.2) is 10.9 Å². The van der Waals surface area contributed by atoms with Crippen LogP contribution in [0.4, 0.5) is 5.69 Å². The molecule has 0 fully saturated rings. The average Bonchev–Trinajstić information content (AvgIpc) is 2.98. The fraction of sp³-hybridized carbons (Fsp3) is 0.0588. The highest BCUT2D eigenvalue weighted by Crippen LogP contribution is 2.30. The quantitative estimate of drug-likeness (QED) is 0.651. The molecule has 0 saturated carbocycles. The summed E-state index contributed by atoms with van der Waals surface area (Å²) in [5, 5.41) is 6.50. The number of nitrogens with zero attached hydrogens (tertiary/aromatic N) is 1. The maximum atomic E-state index is 12.3. The third-order valence-corrected chi connectivity index (χ3v) is 4.85. The minimum Gasteiger partial charge on any atom is -0.321 e. The zero-order valence-corrected chi connectivity index (χ0v) is 14.5. The van der Waals surface area contributed by atoms with E-state index < -0.39 is 0 Å². The van der Waals surface area contributed by atoms with Crippen LogP contribution in [0.3, 0.4) is 0 Å². The van der Waals surface area contributed by atoms with E-state index >= 15 is 0 Å². The number of carbonyl (C=O) groups is 1. The number of hydrogen-bond acceptors (Lipinski definition) is 3. The number of aromatic nitrogens is 1. The number of nitrogens with one attached hydrogen (secondary N) is 1. The van der Waals surface area contributed by atoms with E-state index in [1.807, 2.05) is 24.4 Å². The molecule has 3 rings (SSSR count). The highest BCUT2D eigenvalue weighted by molar-refractivity contribution is 7.09. The van der Waals surface area contributed by atoms with Gasteiger partial charge in [-0.25, -0.2) is 4.98 Å². The Morgan fingerprint density at radius 3 is 2.52 bits per heavy atom. The fourth-order valence-electron chi connectivity index (χ4n) is 2.08. The monoisotopic (exact) mass is 362 g/mol. The Bertz CT molecular complexity index is 859. The highest BCUT2D eigenvalue weighted by atomic mass is 35.5. The Morgan fingerprint density at radius 2 is 1.87 bits per heavy atom. The van der Waals surface area contributed by atoms with Crippen LogP contribution in [0.2, 0.25) is 10.0 Å². The number of halogens is 2. The van der Waals surface area contributed by atoms with Crippen molar-refractivity contribution < 1.29 is 4.79 Å². The van der Waals surface area contributed by atoms with Crippen molar-refractivity contribution in [3.05, 3.63) is 68.5 Å². The second-order valence-electron chi connectivity index (χ2n) is 4.88. The Hall–Kier alpha value is -1.88. The summed E-state index contributed by atoms with van der Waals surface area (Å²) in [5.74, 6) is -0.241. The van der Waals surface area contributed by atoms with Crippen molar-refractivity contribution in [1.82, 2.24) is 4.98 Å². The van der Waals surface area contributed by atoms with Gasteiger partial charge in [-0.1, -0.05) is 41.4 Å². The van der Waals surface area contributed by atoms with E-state index in [9.17, 15) is 4.79 Å². The van der Waals surface area contributed by atoms with E-state index in [1.165, 1.54) is 0 Å². The molecule has 6 heteroatoms. The lowest BCUT2D eigenvalue weighted by Crippen LogP contribution is -2.12. The normalized spacial score (nSPS) is 10.6. The van der Waals surface area contributed by atoms with Crippen molar-refractivity contribution in [3.63, 3.8) is 0 Å². The molecule has 0 saturated heterocycles. The van der Waals surface area contributed by atoms with Gasteiger partial charge in [0.1, 0.15) is 0 Å². The van der Waals surface area contributed by atoms with Gasteiger partial charge >= 0.3 is 0 Å². The molecule has 1 N–H and O–H groups in total. The van der Waals surface area contributed by atoms with Gasteiger partial charge in [0.05, 0.1) is 26.4 Å². The van der Waals surface area contributed by atoms with E-state index in [0.29, 0.717) is 21.3 Å². The lowest BCUT2D eigenvalue weighted by atomic mass is 10.1. The van der Waals surface area contributed by atoms with E-state index in [-0.39, 0.29) is 5.91 Å². The topological polar surface area (TPSA) is 42.0 Å². The summed E-state index contributed by atoms with van der Waals surface area (Å²) in [4.78, 5) is 16.7. The summed E-state index contributed by atoms with van der Waals surface area (Å²) in [6.45, 7) is 1.96. The van der Waals surface area contributed by atoms with E-state index in [1.54, 1.807) is 41.7 Å². The molecule has 3 aromatic rings. The summed E-state index contributed by atoms with van der Waals surface area (Å²) in [5.41, 5.74) is 2.92. The number of benzene rings is 2. The molecule has 0 unspecified atom stereocenters. The maximum absolute atomic E-state index is 12.3. The van der Waals surface area contributed by atoms with Gasteiger partial charge in [0, 0.05) is 16.5 Å². The summed E-state index contributed by atoms with van der Waals surface area (Å²) < 4.78 is 0. The predicted octanol–water partition coefficient (Wildman–Crippen LogP) is 5.68. The average molecular weight is 363 g/mol. The zero-order valence-electron chi connectivity index (χ0n) is 12.1. The number of thiazole rings is 1. The highest BCUT2D eigenvalue weighted by Gasteiger charge is 2.11. The van der Waals surface area contributed by atoms with Crippen LogP contribution in [0.1, 0.15) is 15.4 Å². The van der Waals surface area contributed by atoms with Gasteiger partial charge in [-0.15, -0.1) is 11.3 Å². The standard InChI is InChI=1S/C17H12Cl2N2OS/c1-10-20-15(9-23-10)11-5-7-12(8-6-11)17(22)21-14-4-2-3-13(18)16(14)19/h2-9H,1H3,(H,21,22). The molecule has 0 atom stereocenters. The minimum atomic E-state index is -0.241. The first-order valence-electron chi connectivity index (χ1n) is 6.82. The van der Waals surface area contributed by atoms with Crippen molar-refractivity contribution in [2.75, 3.05) is 5.32 Å². The molecule has 116 valence electrons. The van der Waals surface area contributed by atoms with Crippen LogP contribution in [0.25, 0.3) is 11.3 Å². The molecule has 3 nitrogen and oxygen atoms in total. The maximum Gasteiger partial charge on any atom is 0.255 e. The third kappa shape index (κ3) is 3.55. The Labute approximate surface area is 147 Å². The van der Waals surface area contributed by atoms with Crippen molar-refractivity contribution in [2.24, 2.45) is 0 Å². The second kappa shape index (κ2) is 6.71. The van der Waals surface area contributed by atoms with Crippen LogP contribution in [-0.2, 0) is 0 Å². The predicted molar refractivity (Wildman–Crippen MR) is 96.7 cm³/mol. The SMILES string of the molecule is Cc1nc(-c2ccc(C(=O)Nc3cccc(Cl)c3Cl)cc2)cs1. The van der Waals surface area contributed by atoms with E-state index in [2.05, 4.69) is 10.3 Å². The van der Waals surface area contributed by atoms with E-state index in [0.717, 1.165) is 16.3 Å². The Balaban J connectivity index is 1.79. The van der Waals surface area contributed by atoms with Crippen molar-refractivity contribution in [3.8, 4) is 11.3 Å². The van der Waals surface area contributed by atoms with Gasteiger partial charge in [-0.05, 0) is 31.2 Å². The summed E-state index contributed by atoms with van der Waals surface area (Å²) in [6, 6.07) is 12.4. The molecule has 0 aliphatic rings. The first kappa shape index (κ1) is 16.0. The van der Waals surface area contributed by atoms with E-state index in [4.69, 9.17) is 23.2 Å². The van der Waals surface area contributed by atoms with Gasteiger partial charge in [0.2, 0.25) is 0 Å². The van der Waals surface area contributed by atoms with Crippen LogP contribution in [0, 0.1) is 6.92 Å². The third-order valence-electron chi connectivity index (χ3n) is 3.26. The largest absolute Gasteiger partial charge is 0.321 e. The van der Waals surface area contributed by atoms with Gasteiger partial charge in [0.25, 0.3) is 5.91 Å². The van der Waals surface area contributed by atoms with Crippen LogP contribution in [0.15, 0.2) is 47.8 Å². The fourth-order valence-corrected chi connectivity index (χ4v) is 3.05. The lowest BCUT2D eigenvalue weighted by molar-refractivity contribution is 0.102. The molecule has 1 aromatic heterocycles. The van der Waals surface area contributed by atoms with Crippen molar-refractivity contribution in [1.29, 1.82) is 0 Å². The lowest BCUT2D eigenvalue weighted by Gasteiger charge is -2.08. The second-order valence-corrected chi connectivity index (χ2v) is 6.73. The number of aryl methyl sites for hydroxylation is 1. The molecular weight excluding hydrogens is 351 g/mol. The van der Waals surface area contributed by atoms with Gasteiger partial charge in [-0.3, -0.25) is 4.79 Å². The van der Waals surface area contributed by atoms with Gasteiger partial charge < -0.3 is 5.32 Å². The first-order valence-corrected chi connectivity index (χ1v) is 8.46. The number of hydrogen-bond donors (Lipinski definition) is 1. The Morgan fingerprint density at radius 1 is 1.13 bits per heavy atom. The number of rotatable bonds is 3. The summed E-state index contributed by atoms with van der Waals surface area (Å²) in [7, 11) is 0. The number of amides is 1. The first-order chi connectivity index (χ1) is 11.0. The molecule has 0 aliphatic heterocycles. The van der Waals surface area contributed by atoms with Gasteiger partial charge in [0.15, 0.2) is 0 Å². The number of anilines is 1.